The average molecular weight is 451 g/mol. The highest BCUT2D eigenvalue weighted by atomic mass is 32.1. The van der Waals surface area contributed by atoms with E-state index in [1.807, 2.05) is 41.8 Å². The Morgan fingerprint density at radius 2 is 1.78 bits per heavy atom. The summed E-state index contributed by atoms with van der Waals surface area (Å²) in [6.45, 7) is -2.24. The third kappa shape index (κ3) is 5.73. The number of ether oxygens (including phenoxy) is 1. The highest BCUT2D eigenvalue weighted by molar-refractivity contribution is 7.07. The van der Waals surface area contributed by atoms with E-state index in [1.54, 1.807) is 29.2 Å². The van der Waals surface area contributed by atoms with Crippen LogP contribution in [0.25, 0.3) is 11.3 Å². The molecule has 0 atom stereocenters. The third-order valence-corrected chi connectivity index (χ3v) is 5.40. The number of aromatic nitrogens is 2. The average Bonchev–Trinajstić information content (AvgIpc) is 3.22. The normalized spacial score (nSPS) is 12.0. The summed E-state index contributed by atoms with van der Waals surface area (Å²) >= 11 is 1.47. The van der Waals surface area contributed by atoms with Crippen LogP contribution >= 0.6 is 11.3 Å². The fourth-order valence-corrected chi connectivity index (χ4v) is 3.88. The van der Waals surface area contributed by atoms with Gasteiger partial charge in [-0.25, -0.2) is 4.68 Å². The number of rotatable bonds is 8. The van der Waals surface area contributed by atoms with Crippen molar-refractivity contribution in [2.45, 2.75) is 13.0 Å². The van der Waals surface area contributed by atoms with E-state index in [0.29, 0.717) is 12.2 Å². The van der Waals surface area contributed by atoms with Crippen LogP contribution in [0.1, 0.15) is 11.3 Å². The predicted molar refractivity (Wildman–Crippen MR) is 122 cm³/mol. The van der Waals surface area contributed by atoms with Crippen molar-refractivity contribution in [2.75, 3.05) is 6.54 Å². The molecule has 0 amide bonds. The van der Waals surface area contributed by atoms with Crippen molar-refractivity contribution in [3.05, 3.63) is 100 Å². The number of nitrogens with zero attached hydrogens (tertiary/aromatic N) is 4. The van der Waals surface area contributed by atoms with Crippen molar-refractivity contribution in [3.63, 3.8) is 0 Å². The first-order valence-electron chi connectivity index (χ1n) is 9.94. The van der Waals surface area contributed by atoms with Gasteiger partial charge in [0.2, 0.25) is 4.80 Å². The molecule has 2 aromatic carbocycles. The fraction of sp³-hybridized carbons (Fsp3) is 0.125. The summed E-state index contributed by atoms with van der Waals surface area (Å²) in [4.78, 5) is 9.75. The maximum absolute atomic E-state index is 12.5. The first-order valence-corrected chi connectivity index (χ1v) is 10.8. The van der Waals surface area contributed by atoms with Gasteiger partial charge in [0.15, 0.2) is 0 Å². The van der Waals surface area contributed by atoms with Crippen LogP contribution in [0.5, 0.6) is 5.75 Å². The van der Waals surface area contributed by atoms with Crippen LogP contribution in [0.4, 0.5) is 8.78 Å². The Hall–Kier alpha value is -3.65. The van der Waals surface area contributed by atoms with Gasteiger partial charge in [-0.3, -0.25) is 9.98 Å². The van der Waals surface area contributed by atoms with Crippen LogP contribution in [-0.2, 0) is 6.42 Å². The predicted octanol–water partition coefficient (Wildman–Crippen LogP) is 5.24. The smallest absolute Gasteiger partial charge is 0.387 e. The molecule has 0 aliphatic carbocycles. The minimum atomic E-state index is -2.86. The topological polar surface area (TPSA) is 51.8 Å². The number of hydrogen-bond acceptors (Lipinski definition) is 5. The van der Waals surface area contributed by atoms with E-state index in [9.17, 15) is 8.78 Å². The first kappa shape index (κ1) is 21.6. The molecule has 0 spiro atoms. The number of alkyl halides is 2. The maximum atomic E-state index is 12.5. The third-order valence-electron chi connectivity index (χ3n) is 4.54. The van der Waals surface area contributed by atoms with Crippen LogP contribution in [-0.4, -0.2) is 29.0 Å². The van der Waals surface area contributed by atoms with E-state index < -0.39 is 6.61 Å². The van der Waals surface area contributed by atoms with E-state index in [1.165, 1.54) is 29.0 Å². The Bertz CT molecular complexity index is 1220. The second-order valence-corrected chi connectivity index (χ2v) is 7.57. The maximum Gasteiger partial charge on any atom is 0.387 e. The minimum absolute atomic E-state index is 0.107. The van der Waals surface area contributed by atoms with E-state index in [2.05, 4.69) is 27.0 Å². The first-order chi connectivity index (χ1) is 15.7. The Balaban J connectivity index is 1.65. The molecule has 0 saturated heterocycles. The standard InChI is InChI=1S/C24H20F2N4OS/c25-23(26)31-21-11-9-19(10-12-21)22-17-32-24(28-15-13-18-6-2-1-3-7-18)30(22)29-16-20-8-4-5-14-27-20/h1-12,14,16-17,23H,13,15H2/b28-24?,29-16-. The quantitative estimate of drug-likeness (QED) is 0.345. The molecule has 0 unspecified atom stereocenters. The lowest BCUT2D eigenvalue weighted by Gasteiger charge is -2.07. The van der Waals surface area contributed by atoms with E-state index in [-0.39, 0.29) is 5.75 Å². The van der Waals surface area contributed by atoms with Crippen LogP contribution in [0.3, 0.4) is 0 Å². The summed E-state index contributed by atoms with van der Waals surface area (Å²) in [6.07, 6.45) is 4.19. The number of pyridine rings is 1. The zero-order valence-electron chi connectivity index (χ0n) is 17.0. The van der Waals surface area contributed by atoms with Crippen molar-refractivity contribution in [1.29, 1.82) is 0 Å². The molecule has 2 aromatic heterocycles. The molecule has 0 N–H and O–H groups in total. The molecule has 4 rings (SSSR count). The lowest BCUT2D eigenvalue weighted by atomic mass is 10.1. The fourth-order valence-electron chi connectivity index (χ4n) is 3.02. The summed E-state index contributed by atoms with van der Waals surface area (Å²) in [5.41, 5.74) is 3.54. The molecular formula is C24H20F2N4OS. The number of halogens is 2. The Kier molecular flexibility index (Phi) is 7.14. The lowest BCUT2D eigenvalue weighted by Crippen LogP contribution is -2.13. The lowest BCUT2D eigenvalue weighted by molar-refractivity contribution is -0.0498. The van der Waals surface area contributed by atoms with Gasteiger partial charge in [-0.15, -0.1) is 11.3 Å². The largest absolute Gasteiger partial charge is 0.435 e. The zero-order chi connectivity index (χ0) is 22.2. The van der Waals surface area contributed by atoms with E-state index in [0.717, 1.165) is 22.5 Å². The van der Waals surface area contributed by atoms with Crippen molar-refractivity contribution in [2.24, 2.45) is 10.1 Å². The Morgan fingerprint density at radius 3 is 2.50 bits per heavy atom. The monoisotopic (exact) mass is 450 g/mol. The van der Waals surface area contributed by atoms with E-state index in [4.69, 9.17) is 4.99 Å². The van der Waals surface area contributed by atoms with Crippen LogP contribution < -0.4 is 9.54 Å². The molecule has 0 bridgehead atoms. The molecule has 4 aromatic rings. The Morgan fingerprint density at radius 1 is 1.00 bits per heavy atom. The second kappa shape index (κ2) is 10.6. The van der Waals surface area contributed by atoms with Gasteiger partial charge in [-0.2, -0.15) is 13.9 Å². The zero-order valence-corrected chi connectivity index (χ0v) is 17.8. The Labute approximate surface area is 188 Å². The van der Waals surface area contributed by atoms with Crippen LogP contribution in [0.15, 0.2) is 94.5 Å². The molecular weight excluding hydrogens is 430 g/mol. The van der Waals surface area contributed by atoms with Gasteiger partial charge in [0, 0.05) is 23.7 Å². The van der Waals surface area contributed by atoms with Gasteiger partial charge in [-0.05, 0) is 48.4 Å². The van der Waals surface area contributed by atoms with Crippen molar-refractivity contribution >= 4 is 17.6 Å². The van der Waals surface area contributed by atoms with Crippen LogP contribution in [0, 0.1) is 0 Å². The molecule has 5 nitrogen and oxygen atoms in total. The SMILES string of the molecule is FC(F)Oc1ccc(-c2csc(=NCCc3ccccc3)n2/N=C\c2ccccn2)cc1. The number of thiazole rings is 1. The van der Waals surface area contributed by atoms with Crippen molar-refractivity contribution in [3.8, 4) is 17.0 Å². The summed E-state index contributed by atoms with van der Waals surface area (Å²) < 4.78 is 31.1. The van der Waals surface area contributed by atoms with Crippen molar-refractivity contribution < 1.29 is 13.5 Å². The van der Waals surface area contributed by atoms with Gasteiger partial charge in [0.25, 0.3) is 0 Å². The molecule has 32 heavy (non-hydrogen) atoms. The summed E-state index contributed by atoms with van der Waals surface area (Å²) in [5, 5.41) is 6.55. The summed E-state index contributed by atoms with van der Waals surface area (Å²) in [5.74, 6) is 0.107. The van der Waals surface area contributed by atoms with Crippen molar-refractivity contribution in [1.82, 2.24) is 9.66 Å². The number of hydrogen-bond donors (Lipinski definition) is 0. The molecule has 2 heterocycles. The highest BCUT2D eigenvalue weighted by Gasteiger charge is 2.09. The molecule has 0 fully saturated rings. The van der Waals surface area contributed by atoms with Gasteiger partial charge in [-0.1, -0.05) is 36.4 Å². The van der Waals surface area contributed by atoms with Gasteiger partial charge >= 0.3 is 6.61 Å². The molecule has 0 saturated carbocycles. The number of benzene rings is 2. The molecule has 0 aliphatic rings. The molecule has 8 heteroatoms. The highest BCUT2D eigenvalue weighted by Crippen LogP contribution is 2.24. The minimum Gasteiger partial charge on any atom is -0.435 e. The summed E-state index contributed by atoms with van der Waals surface area (Å²) in [7, 11) is 0. The van der Waals surface area contributed by atoms with Gasteiger partial charge in [0.05, 0.1) is 17.6 Å². The second-order valence-electron chi connectivity index (χ2n) is 6.73. The van der Waals surface area contributed by atoms with Crippen LogP contribution in [0.2, 0.25) is 0 Å². The molecule has 0 aliphatic heterocycles. The molecule has 0 radical (unpaired) electrons. The van der Waals surface area contributed by atoms with E-state index >= 15 is 0 Å². The summed E-state index contributed by atoms with van der Waals surface area (Å²) in [6, 6.07) is 22.2. The van der Waals surface area contributed by atoms with Gasteiger partial charge < -0.3 is 4.74 Å². The van der Waals surface area contributed by atoms with Gasteiger partial charge in [0.1, 0.15) is 5.75 Å². The molecule has 162 valence electrons.